The van der Waals surface area contributed by atoms with Gasteiger partial charge in [-0.2, -0.15) is 0 Å². The molecule has 0 spiro atoms. The summed E-state index contributed by atoms with van der Waals surface area (Å²) >= 11 is 1.39. The maximum absolute atomic E-state index is 12.9. The average molecular weight is 447 g/mol. The van der Waals surface area contributed by atoms with Gasteiger partial charge in [-0.05, 0) is 30.2 Å². The Morgan fingerprint density at radius 3 is 2.28 bits per heavy atom. The zero-order valence-electron chi connectivity index (χ0n) is 18.1. The van der Waals surface area contributed by atoms with E-state index in [4.69, 9.17) is 0 Å². The largest absolute Gasteiger partial charge is 0.335 e. The lowest BCUT2D eigenvalue weighted by atomic mass is 10.0. The molecule has 0 aliphatic carbocycles. The molecular weight excluding hydrogens is 420 g/mol. The molecule has 3 heterocycles. The second-order valence-electron chi connectivity index (χ2n) is 8.49. The predicted molar refractivity (Wildman–Crippen MR) is 126 cm³/mol. The van der Waals surface area contributed by atoms with Gasteiger partial charge < -0.3 is 9.80 Å². The number of hydrogen-bond acceptors (Lipinski definition) is 5. The standard InChI is InChI=1S/C25H26N4O2S/c1-18-15-27(12-13-29(18)25(31)23-26-11-14-32-23)22-16-28(17-22)24(30)21-9-7-20(8-10-21)19-5-3-2-4-6-19/h2-11,14,18,22H,12-13,15-17H2,1H3. The Balaban J connectivity index is 1.14. The minimum absolute atomic E-state index is 0.0245. The Bertz CT molecular complexity index is 1080. The van der Waals surface area contributed by atoms with Crippen LogP contribution in [0.4, 0.5) is 0 Å². The van der Waals surface area contributed by atoms with Crippen LogP contribution in [0.3, 0.4) is 0 Å². The molecule has 6 nitrogen and oxygen atoms in total. The van der Waals surface area contributed by atoms with Gasteiger partial charge in [-0.1, -0.05) is 42.5 Å². The van der Waals surface area contributed by atoms with Gasteiger partial charge in [0.2, 0.25) is 0 Å². The summed E-state index contributed by atoms with van der Waals surface area (Å²) in [5, 5.41) is 2.40. The van der Waals surface area contributed by atoms with Crippen LogP contribution in [0.25, 0.3) is 11.1 Å². The first-order valence-electron chi connectivity index (χ1n) is 11.0. The third-order valence-corrected chi connectivity index (χ3v) is 7.20. The van der Waals surface area contributed by atoms with Crippen molar-refractivity contribution in [3.05, 3.63) is 76.7 Å². The molecule has 0 N–H and O–H groups in total. The van der Waals surface area contributed by atoms with Crippen LogP contribution >= 0.6 is 11.3 Å². The number of nitrogens with zero attached hydrogens (tertiary/aromatic N) is 4. The summed E-state index contributed by atoms with van der Waals surface area (Å²) in [6, 6.07) is 18.5. The van der Waals surface area contributed by atoms with Crippen molar-refractivity contribution in [2.45, 2.75) is 19.0 Å². The maximum Gasteiger partial charge on any atom is 0.283 e. The van der Waals surface area contributed by atoms with Crippen molar-refractivity contribution < 1.29 is 9.59 Å². The lowest BCUT2D eigenvalue weighted by molar-refractivity contribution is -0.00415. The Hall–Kier alpha value is -3.03. The quantitative estimate of drug-likeness (QED) is 0.616. The van der Waals surface area contributed by atoms with Gasteiger partial charge in [0.1, 0.15) is 0 Å². The molecule has 0 saturated carbocycles. The minimum Gasteiger partial charge on any atom is -0.335 e. The summed E-state index contributed by atoms with van der Waals surface area (Å²) < 4.78 is 0. The monoisotopic (exact) mass is 446 g/mol. The molecule has 2 amide bonds. The van der Waals surface area contributed by atoms with Gasteiger partial charge in [-0.25, -0.2) is 4.98 Å². The highest BCUT2D eigenvalue weighted by molar-refractivity contribution is 7.11. The maximum atomic E-state index is 12.9. The summed E-state index contributed by atoms with van der Waals surface area (Å²) in [6.45, 7) is 5.94. The van der Waals surface area contributed by atoms with Crippen LogP contribution in [0.2, 0.25) is 0 Å². The number of aromatic nitrogens is 1. The number of piperazine rings is 1. The first-order valence-corrected chi connectivity index (χ1v) is 11.9. The molecule has 2 aliphatic rings. The molecule has 32 heavy (non-hydrogen) atoms. The number of benzene rings is 2. The molecule has 3 aromatic rings. The van der Waals surface area contributed by atoms with E-state index in [0.29, 0.717) is 17.6 Å². The second-order valence-corrected chi connectivity index (χ2v) is 9.38. The van der Waals surface area contributed by atoms with Crippen LogP contribution in [0, 0.1) is 0 Å². The predicted octanol–water partition coefficient (Wildman–Crippen LogP) is 3.48. The minimum atomic E-state index is 0.0245. The molecule has 1 unspecified atom stereocenters. The highest BCUT2D eigenvalue weighted by atomic mass is 32.1. The molecule has 5 rings (SSSR count). The van der Waals surface area contributed by atoms with Crippen LogP contribution in [0.15, 0.2) is 66.2 Å². The molecule has 0 radical (unpaired) electrons. The molecular formula is C25H26N4O2S. The van der Waals surface area contributed by atoms with E-state index < -0.39 is 0 Å². The Morgan fingerprint density at radius 2 is 1.62 bits per heavy atom. The third-order valence-electron chi connectivity index (χ3n) is 6.44. The van der Waals surface area contributed by atoms with E-state index in [-0.39, 0.29) is 17.9 Å². The lowest BCUT2D eigenvalue weighted by Gasteiger charge is -2.49. The fourth-order valence-corrected chi connectivity index (χ4v) is 5.13. The third kappa shape index (κ3) is 4.06. The molecule has 2 fully saturated rings. The van der Waals surface area contributed by atoms with Crippen molar-refractivity contribution in [3.63, 3.8) is 0 Å². The van der Waals surface area contributed by atoms with Gasteiger partial charge in [0.15, 0.2) is 5.01 Å². The molecule has 7 heteroatoms. The second kappa shape index (κ2) is 8.84. The molecule has 1 atom stereocenters. The zero-order chi connectivity index (χ0) is 22.1. The van der Waals surface area contributed by atoms with Gasteiger partial charge in [0.05, 0.1) is 0 Å². The van der Waals surface area contributed by atoms with E-state index in [1.165, 1.54) is 11.3 Å². The molecule has 0 bridgehead atoms. The fraction of sp³-hybridized carbons (Fsp3) is 0.320. The summed E-state index contributed by atoms with van der Waals surface area (Å²) in [4.78, 5) is 35.9. The molecule has 2 aliphatic heterocycles. The fourth-order valence-electron chi connectivity index (χ4n) is 4.54. The molecule has 164 valence electrons. The average Bonchev–Trinajstić information content (AvgIpc) is 3.33. The molecule has 2 aromatic carbocycles. The van der Waals surface area contributed by atoms with Crippen molar-refractivity contribution in [1.82, 2.24) is 19.7 Å². The van der Waals surface area contributed by atoms with Crippen molar-refractivity contribution in [2.24, 2.45) is 0 Å². The van der Waals surface area contributed by atoms with Crippen molar-refractivity contribution in [3.8, 4) is 11.1 Å². The van der Waals surface area contributed by atoms with Crippen molar-refractivity contribution in [1.29, 1.82) is 0 Å². The van der Waals surface area contributed by atoms with Crippen LogP contribution < -0.4 is 0 Å². The topological polar surface area (TPSA) is 56.8 Å². The van der Waals surface area contributed by atoms with E-state index in [2.05, 4.69) is 28.9 Å². The van der Waals surface area contributed by atoms with Crippen molar-refractivity contribution in [2.75, 3.05) is 32.7 Å². The zero-order valence-corrected chi connectivity index (χ0v) is 18.9. The number of carbonyl (C=O) groups is 2. The SMILES string of the molecule is CC1CN(C2CN(C(=O)c3ccc(-c4ccccc4)cc3)C2)CCN1C(=O)c1nccs1. The van der Waals surface area contributed by atoms with Gasteiger partial charge in [-0.15, -0.1) is 11.3 Å². The van der Waals surface area contributed by atoms with Gasteiger partial charge in [0.25, 0.3) is 11.8 Å². The van der Waals surface area contributed by atoms with E-state index in [1.54, 1.807) is 6.20 Å². The van der Waals surface area contributed by atoms with Crippen LogP contribution in [0.5, 0.6) is 0 Å². The number of hydrogen-bond donors (Lipinski definition) is 0. The summed E-state index contributed by atoms with van der Waals surface area (Å²) in [5.41, 5.74) is 3.00. The number of amides is 2. The number of likely N-dealkylation sites (tertiary alicyclic amines) is 1. The summed E-state index contributed by atoms with van der Waals surface area (Å²) in [7, 11) is 0. The normalized spacial score (nSPS) is 19.6. The van der Waals surface area contributed by atoms with E-state index in [9.17, 15) is 9.59 Å². The summed E-state index contributed by atoms with van der Waals surface area (Å²) in [5.74, 6) is 0.114. The molecule has 1 aromatic heterocycles. The number of thiazole rings is 1. The first kappa shape index (κ1) is 20.8. The van der Waals surface area contributed by atoms with Gasteiger partial charge in [0, 0.05) is 61.9 Å². The van der Waals surface area contributed by atoms with Crippen LogP contribution in [-0.2, 0) is 0 Å². The number of carbonyl (C=O) groups excluding carboxylic acids is 2. The highest BCUT2D eigenvalue weighted by Crippen LogP contribution is 2.24. The Morgan fingerprint density at radius 1 is 0.906 bits per heavy atom. The number of rotatable bonds is 4. The van der Waals surface area contributed by atoms with E-state index >= 15 is 0 Å². The highest BCUT2D eigenvalue weighted by Gasteiger charge is 2.39. The van der Waals surface area contributed by atoms with Gasteiger partial charge >= 0.3 is 0 Å². The summed E-state index contributed by atoms with van der Waals surface area (Å²) in [6.07, 6.45) is 1.67. The van der Waals surface area contributed by atoms with Gasteiger partial charge in [-0.3, -0.25) is 14.5 Å². The lowest BCUT2D eigenvalue weighted by Crippen LogP contribution is -2.66. The van der Waals surface area contributed by atoms with Crippen LogP contribution in [0.1, 0.15) is 27.1 Å². The van der Waals surface area contributed by atoms with E-state index in [1.807, 2.05) is 57.6 Å². The molecule has 2 saturated heterocycles. The Kier molecular flexibility index (Phi) is 5.76. The smallest absolute Gasteiger partial charge is 0.283 e. The Labute approximate surface area is 192 Å². The van der Waals surface area contributed by atoms with Crippen LogP contribution in [-0.4, -0.2) is 76.3 Å². The van der Waals surface area contributed by atoms with E-state index in [0.717, 1.165) is 42.9 Å². The first-order chi connectivity index (χ1) is 15.6. The van der Waals surface area contributed by atoms with Crippen molar-refractivity contribution >= 4 is 23.2 Å².